The number of hydrogen-bond acceptors (Lipinski definition) is 5. The maximum atomic E-state index is 13.1. The number of halogens is 1. The minimum absolute atomic E-state index is 0.244. The van der Waals surface area contributed by atoms with E-state index in [4.69, 9.17) is 16.6 Å². The summed E-state index contributed by atoms with van der Waals surface area (Å²) in [6, 6.07) is 8.05. The lowest BCUT2D eigenvalue weighted by molar-refractivity contribution is -0.0109. The molecule has 1 saturated carbocycles. The molecule has 2 heterocycles. The minimum Gasteiger partial charge on any atom is -0.388 e. The molecule has 6 nitrogen and oxygen atoms in total. The van der Waals surface area contributed by atoms with Crippen LogP contribution in [0.4, 0.5) is 5.82 Å². The van der Waals surface area contributed by atoms with Crippen molar-refractivity contribution in [3.05, 3.63) is 34.9 Å². The van der Waals surface area contributed by atoms with Gasteiger partial charge in [-0.2, -0.15) is 0 Å². The zero-order chi connectivity index (χ0) is 22.2. The van der Waals surface area contributed by atoms with Crippen LogP contribution in [0.3, 0.4) is 0 Å². The summed E-state index contributed by atoms with van der Waals surface area (Å²) in [7, 11) is 4.22. The van der Waals surface area contributed by atoms with Crippen molar-refractivity contribution in [3.8, 4) is 0 Å². The van der Waals surface area contributed by atoms with Crippen molar-refractivity contribution in [1.29, 1.82) is 0 Å². The highest BCUT2D eigenvalue weighted by molar-refractivity contribution is 6.35. The zero-order valence-electron chi connectivity index (χ0n) is 18.7. The van der Waals surface area contributed by atoms with Gasteiger partial charge < -0.3 is 20.2 Å². The van der Waals surface area contributed by atoms with Crippen LogP contribution in [0.25, 0.3) is 10.9 Å². The molecule has 2 aromatic rings. The molecule has 4 rings (SSSR count). The normalized spacial score (nSPS) is 26.6. The van der Waals surface area contributed by atoms with Crippen LogP contribution in [0.1, 0.15) is 49.4 Å². The summed E-state index contributed by atoms with van der Waals surface area (Å²) < 4.78 is 0. The lowest BCUT2D eigenvalue weighted by atomic mass is 9.79. The van der Waals surface area contributed by atoms with E-state index in [1.807, 2.05) is 18.2 Å². The van der Waals surface area contributed by atoms with Gasteiger partial charge in [0.05, 0.1) is 21.7 Å². The number of carbonyl (C=O) groups excluding carboxylic acids is 1. The smallest absolute Gasteiger partial charge is 0.253 e. The van der Waals surface area contributed by atoms with E-state index in [9.17, 15) is 9.90 Å². The molecule has 1 aliphatic heterocycles. The van der Waals surface area contributed by atoms with Crippen molar-refractivity contribution >= 4 is 34.2 Å². The van der Waals surface area contributed by atoms with Gasteiger partial charge in [0.25, 0.3) is 5.91 Å². The number of carbonyl (C=O) groups is 1. The molecule has 2 fully saturated rings. The van der Waals surface area contributed by atoms with Crippen LogP contribution < -0.4 is 10.2 Å². The third-order valence-corrected chi connectivity index (χ3v) is 7.21. The lowest BCUT2D eigenvalue weighted by Gasteiger charge is -2.35. The van der Waals surface area contributed by atoms with Crippen molar-refractivity contribution in [1.82, 2.24) is 15.2 Å². The van der Waals surface area contributed by atoms with E-state index in [2.05, 4.69) is 36.1 Å². The Kier molecular flexibility index (Phi) is 6.42. The predicted molar refractivity (Wildman–Crippen MR) is 126 cm³/mol. The van der Waals surface area contributed by atoms with Crippen LogP contribution in [-0.2, 0) is 0 Å². The van der Waals surface area contributed by atoms with E-state index in [-0.39, 0.29) is 12.5 Å². The van der Waals surface area contributed by atoms with Gasteiger partial charge in [0.15, 0.2) is 0 Å². The van der Waals surface area contributed by atoms with Gasteiger partial charge in [-0.05, 0) is 63.5 Å². The molecule has 2 aliphatic rings. The maximum Gasteiger partial charge on any atom is 0.253 e. The quantitative estimate of drug-likeness (QED) is 0.735. The van der Waals surface area contributed by atoms with Crippen molar-refractivity contribution in [3.63, 3.8) is 0 Å². The van der Waals surface area contributed by atoms with E-state index >= 15 is 0 Å². The average molecular weight is 445 g/mol. The number of fused-ring (bicyclic) bond motifs is 1. The summed E-state index contributed by atoms with van der Waals surface area (Å²) >= 11 is 6.43. The molecule has 1 aromatic carbocycles. The monoisotopic (exact) mass is 444 g/mol. The molecular formula is C24H33ClN4O2. The van der Waals surface area contributed by atoms with E-state index in [1.54, 1.807) is 6.07 Å². The number of aliphatic hydroxyl groups is 1. The van der Waals surface area contributed by atoms with Gasteiger partial charge in [0.1, 0.15) is 5.82 Å². The third kappa shape index (κ3) is 4.81. The van der Waals surface area contributed by atoms with Crippen molar-refractivity contribution in [2.24, 2.45) is 5.92 Å². The van der Waals surface area contributed by atoms with Gasteiger partial charge in [-0.3, -0.25) is 4.79 Å². The number of rotatable bonds is 5. The highest BCUT2D eigenvalue weighted by Gasteiger charge is 2.33. The maximum absolute atomic E-state index is 13.1. The fourth-order valence-corrected chi connectivity index (χ4v) is 5.32. The fraction of sp³-hybridized carbons (Fsp3) is 0.583. The van der Waals surface area contributed by atoms with Crippen molar-refractivity contribution in [2.75, 3.05) is 38.6 Å². The first-order valence-corrected chi connectivity index (χ1v) is 11.6. The number of nitrogens with zero attached hydrogens (tertiary/aromatic N) is 3. The van der Waals surface area contributed by atoms with Gasteiger partial charge in [-0.1, -0.05) is 31.4 Å². The average Bonchev–Trinajstić information content (AvgIpc) is 3.22. The molecule has 1 saturated heterocycles. The number of nitrogens with one attached hydrogen (secondary N) is 1. The van der Waals surface area contributed by atoms with Crippen molar-refractivity contribution < 1.29 is 9.90 Å². The Hall–Kier alpha value is -1.89. The summed E-state index contributed by atoms with van der Waals surface area (Å²) in [5, 5.41) is 14.9. The number of aromatic nitrogens is 1. The summed E-state index contributed by atoms with van der Waals surface area (Å²) in [4.78, 5) is 22.4. The summed E-state index contributed by atoms with van der Waals surface area (Å²) in [5.41, 5.74) is 0.345. The molecule has 0 bridgehead atoms. The Balaban J connectivity index is 1.53. The van der Waals surface area contributed by atoms with E-state index in [0.717, 1.165) is 55.5 Å². The Morgan fingerprint density at radius 1 is 1.32 bits per heavy atom. The van der Waals surface area contributed by atoms with E-state index in [0.29, 0.717) is 29.0 Å². The molecule has 2 N–H and O–H groups in total. The third-order valence-electron chi connectivity index (χ3n) is 6.90. The summed E-state index contributed by atoms with van der Waals surface area (Å²) in [5.74, 6) is 1.14. The zero-order valence-corrected chi connectivity index (χ0v) is 19.5. The van der Waals surface area contributed by atoms with Crippen LogP contribution >= 0.6 is 11.6 Å². The highest BCUT2D eigenvalue weighted by atomic mass is 35.5. The number of anilines is 1. The molecule has 31 heavy (non-hydrogen) atoms. The van der Waals surface area contributed by atoms with Crippen LogP contribution in [0.5, 0.6) is 0 Å². The molecule has 7 heteroatoms. The molecule has 1 aliphatic carbocycles. The standard InChI is InChI=1S/C24H33ClN4O2/c1-16-5-4-11-24(31,13-16)15-26-23(30)22-18-6-9-21(27-20(18)8-7-19(22)25)29-12-10-17(14-29)28(2)3/h6-9,16-17,31H,4-5,10-15H2,1-3H3,(H,26,30)/t16-,17?,24+/m1/s1. The van der Waals surface area contributed by atoms with Gasteiger partial charge in [-0.25, -0.2) is 4.98 Å². The molecule has 168 valence electrons. The second-order valence-corrected chi connectivity index (χ2v) is 10.0. The van der Waals surface area contributed by atoms with Gasteiger partial charge in [-0.15, -0.1) is 0 Å². The van der Waals surface area contributed by atoms with E-state index < -0.39 is 5.60 Å². The molecule has 3 atom stereocenters. The molecule has 1 amide bonds. The largest absolute Gasteiger partial charge is 0.388 e. The molecule has 0 spiro atoms. The number of hydrogen-bond donors (Lipinski definition) is 2. The summed E-state index contributed by atoms with van der Waals surface area (Å²) in [6.07, 6.45) is 4.66. The molecular weight excluding hydrogens is 412 g/mol. The van der Waals surface area contributed by atoms with Gasteiger partial charge >= 0.3 is 0 Å². The lowest BCUT2D eigenvalue weighted by Crippen LogP contribution is -2.45. The number of pyridine rings is 1. The Bertz CT molecular complexity index is 966. The second-order valence-electron chi connectivity index (χ2n) is 9.62. The molecule has 0 radical (unpaired) electrons. The first-order chi connectivity index (χ1) is 14.8. The molecule has 1 unspecified atom stereocenters. The first kappa shape index (κ1) is 22.3. The Morgan fingerprint density at radius 2 is 2.13 bits per heavy atom. The Labute approximate surface area is 189 Å². The van der Waals surface area contributed by atoms with Crippen molar-refractivity contribution in [2.45, 2.75) is 50.7 Å². The van der Waals surface area contributed by atoms with Crippen LogP contribution in [0.15, 0.2) is 24.3 Å². The number of amides is 1. The minimum atomic E-state index is -0.839. The van der Waals surface area contributed by atoms with E-state index in [1.165, 1.54) is 0 Å². The fourth-order valence-electron chi connectivity index (χ4n) is 5.07. The van der Waals surface area contributed by atoms with Crippen LogP contribution in [0.2, 0.25) is 5.02 Å². The van der Waals surface area contributed by atoms with Gasteiger partial charge in [0.2, 0.25) is 0 Å². The van der Waals surface area contributed by atoms with Crippen LogP contribution in [0, 0.1) is 5.92 Å². The highest BCUT2D eigenvalue weighted by Crippen LogP contribution is 2.32. The first-order valence-electron chi connectivity index (χ1n) is 11.3. The topological polar surface area (TPSA) is 68.7 Å². The predicted octanol–water partition coefficient (Wildman–Crippen LogP) is 3.70. The van der Waals surface area contributed by atoms with Gasteiger partial charge in [0, 0.05) is 31.1 Å². The number of benzene rings is 1. The Morgan fingerprint density at radius 3 is 2.84 bits per heavy atom. The second kappa shape index (κ2) is 8.93. The van der Waals surface area contributed by atoms with Crippen LogP contribution in [-0.4, -0.2) is 66.3 Å². The number of likely N-dealkylation sites (N-methyl/N-ethyl adjacent to an activating group) is 1. The summed E-state index contributed by atoms with van der Waals surface area (Å²) in [6.45, 7) is 4.31. The SMILES string of the molecule is C[C@@H]1CCC[C@@](O)(CNC(=O)c2c(Cl)ccc3nc(N4CCC(N(C)C)C4)ccc23)C1. The molecule has 1 aromatic heterocycles.